The molecule has 4 rings (SSSR count). The van der Waals surface area contributed by atoms with Gasteiger partial charge in [0.1, 0.15) is 0 Å². The molecule has 0 aromatic heterocycles. The van der Waals surface area contributed by atoms with Crippen LogP contribution in [0.5, 0.6) is 11.5 Å². The fourth-order valence-electron chi connectivity index (χ4n) is 3.63. The largest absolute Gasteiger partial charge is 0.493 e. The van der Waals surface area contributed by atoms with Crippen LogP contribution in [0.15, 0.2) is 96.1 Å². The number of nitro groups is 2. The first-order valence-electron chi connectivity index (χ1n) is 12.3. The van der Waals surface area contributed by atoms with Crippen molar-refractivity contribution < 1.29 is 33.7 Å². The fraction of sp³-hybridized carbons (Fsp3) is 0.0345. The predicted molar refractivity (Wildman–Crippen MR) is 154 cm³/mol. The summed E-state index contributed by atoms with van der Waals surface area (Å²) in [5, 5.41) is 28.2. The highest BCUT2D eigenvalue weighted by molar-refractivity contribution is 6.05. The van der Waals surface area contributed by atoms with E-state index in [0.29, 0.717) is 11.3 Å². The van der Waals surface area contributed by atoms with Crippen molar-refractivity contribution in [3.63, 3.8) is 0 Å². The van der Waals surface area contributed by atoms with Gasteiger partial charge in [-0.2, -0.15) is 5.10 Å². The molecule has 43 heavy (non-hydrogen) atoms. The number of non-ortho nitro benzene ring substituents is 2. The summed E-state index contributed by atoms with van der Waals surface area (Å²) in [4.78, 5) is 58.0. The van der Waals surface area contributed by atoms with Crippen molar-refractivity contribution in [3.8, 4) is 11.5 Å². The van der Waals surface area contributed by atoms with Crippen LogP contribution in [0.4, 0.5) is 17.1 Å². The Morgan fingerprint density at radius 3 is 1.98 bits per heavy atom. The molecule has 216 valence electrons. The average molecular weight is 584 g/mol. The smallest absolute Gasteiger partial charge is 0.343 e. The molecule has 14 nitrogen and oxygen atoms in total. The lowest BCUT2D eigenvalue weighted by molar-refractivity contribution is -0.385. The molecule has 4 aromatic carbocycles. The van der Waals surface area contributed by atoms with Crippen molar-refractivity contribution in [1.29, 1.82) is 0 Å². The zero-order chi connectivity index (χ0) is 30.9. The molecule has 0 fully saturated rings. The Kier molecular flexibility index (Phi) is 9.12. The molecule has 0 spiro atoms. The van der Waals surface area contributed by atoms with E-state index in [1.807, 2.05) is 0 Å². The number of carbonyl (C=O) groups excluding carboxylic acids is 3. The van der Waals surface area contributed by atoms with Gasteiger partial charge in [0, 0.05) is 41.1 Å². The third-order valence-electron chi connectivity index (χ3n) is 5.81. The van der Waals surface area contributed by atoms with Gasteiger partial charge in [-0.05, 0) is 66.2 Å². The van der Waals surface area contributed by atoms with Crippen molar-refractivity contribution in [1.82, 2.24) is 5.43 Å². The molecule has 0 atom stereocenters. The molecule has 4 aromatic rings. The first-order chi connectivity index (χ1) is 20.6. The molecule has 0 bridgehead atoms. The van der Waals surface area contributed by atoms with Crippen LogP contribution < -0.4 is 20.2 Å². The number of rotatable bonds is 10. The van der Waals surface area contributed by atoms with Gasteiger partial charge in [-0.25, -0.2) is 10.2 Å². The van der Waals surface area contributed by atoms with Crippen LogP contribution in [0, 0.1) is 20.2 Å². The van der Waals surface area contributed by atoms with Crippen LogP contribution in [0.2, 0.25) is 0 Å². The topological polar surface area (TPSA) is 192 Å². The van der Waals surface area contributed by atoms with Crippen LogP contribution >= 0.6 is 0 Å². The number of hydrazone groups is 1. The number of amides is 2. The van der Waals surface area contributed by atoms with E-state index in [1.54, 1.807) is 18.2 Å². The fourth-order valence-corrected chi connectivity index (χ4v) is 3.63. The Bertz CT molecular complexity index is 1740. The first kappa shape index (κ1) is 29.5. The number of benzene rings is 4. The van der Waals surface area contributed by atoms with Gasteiger partial charge < -0.3 is 14.8 Å². The molecule has 0 radical (unpaired) electrons. The van der Waals surface area contributed by atoms with E-state index in [9.17, 15) is 34.6 Å². The molecule has 0 aliphatic rings. The standard InChI is InChI=1S/C29H21N5O9/c1-42-26-15-18(5-14-25(26)43-29(37)20-8-12-24(13-9-20)34(40)41)17-30-32-28(36)21-3-2-4-22(16-21)31-27(35)19-6-10-23(11-7-19)33(38)39/h2-17H,1H3,(H,31,35)(H,32,36). The van der Waals surface area contributed by atoms with E-state index in [4.69, 9.17) is 9.47 Å². The lowest BCUT2D eigenvalue weighted by Crippen LogP contribution is -2.18. The highest BCUT2D eigenvalue weighted by Crippen LogP contribution is 2.28. The third kappa shape index (κ3) is 7.61. The summed E-state index contributed by atoms with van der Waals surface area (Å²) in [7, 11) is 1.37. The summed E-state index contributed by atoms with van der Waals surface area (Å²) in [5.74, 6) is -1.53. The van der Waals surface area contributed by atoms with Gasteiger partial charge in [0.2, 0.25) is 0 Å². The summed E-state index contributed by atoms with van der Waals surface area (Å²) in [6, 6.07) is 20.6. The minimum absolute atomic E-state index is 0.0969. The van der Waals surface area contributed by atoms with Gasteiger partial charge in [0.15, 0.2) is 11.5 Å². The monoisotopic (exact) mass is 583 g/mol. The maximum atomic E-state index is 12.6. The second-order valence-electron chi connectivity index (χ2n) is 8.64. The highest BCUT2D eigenvalue weighted by atomic mass is 16.6. The van der Waals surface area contributed by atoms with Crippen molar-refractivity contribution in [3.05, 3.63) is 133 Å². The molecule has 0 aliphatic heterocycles. The van der Waals surface area contributed by atoms with Crippen LogP contribution in [-0.2, 0) is 0 Å². The number of methoxy groups -OCH3 is 1. The lowest BCUT2D eigenvalue weighted by Gasteiger charge is -2.10. The van der Waals surface area contributed by atoms with Gasteiger partial charge in [0.05, 0.1) is 28.7 Å². The van der Waals surface area contributed by atoms with Crippen molar-refractivity contribution in [2.45, 2.75) is 0 Å². The predicted octanol–water partition coefficient (Wildman–Crippen LogP) is 4.75. The third-order valence-corrected chi connectivity index (χ3v) is 5.81. The number of esters is 1. The molecule has 2 N–H and O–H groups in total. The molecular weight excluding hydrogens is 562 g/mol. The molecule has 0 heterocycles. The minimum atomic E-state index is -0.743. The average Bonchev–Trinajstić information content (AvgIpc) is 3.01. The first-order valence-corrected chi connectivity index (χ1v) is 12.3. The summed E-state index contributed by atoms with van der Waals surface area (Å²) in [5.41, 5.74) is 3.39. The molecule has 0 unspecified atom stereocenters. The highest BCUT2D eigenvalue weighted by Gasteiger charge is 2.15. The molecule has 0 saturated carbocycles. The van der Waals surface area contributed by atoms with Crippen LogP contribution in [-0.4, -0.2) is 41.0 Å². The second-order valence-corrected chi connectivity index (χ2v) is 8.64. The summed E-state index contributed by atoms with van der Waals surface area (Å²) >= 11 is 0. The van der Waals surface area contributed by atoms with E-state index in [2.05, 4.69) is 15.8 Å². The Morgan fingerprint density at radius 2 is 1.37 bits per heavy atom. The summed E-state index contributed by atoms with van der Waals surface area (Å²) in [6.45, 7) is 0. The van der Waals surface area contributed by atoms with Crippen LogP contribution in [0.1, 0.15) is 36.6 Å². The zero-order valence-corrected chi connectivity index (χ0v) is 22.3. The van der Waals surface area contributed by atoms with E-state index in [1.165, 1.54) is 86.1 Å². The van der Waals surface area contributed by atoms with Crippen LogP contribution in [0.25, 0.3) is 0 Å². The Balaban J connectivity index is 1.36. The van der Waals surface area contributed by atoms with Crippen LogP contribution in [0.3, 0.4) is 0 Å². The number of ether oxygens (including phenoxy) is 2. The number of nitrogens with zero attached hydrogens (tertiary/aromatic N) is 3. The normalized spacial score (nSPS) is 10.5. The molecule has 2 amide bonds. The molecule has 0 aliphatic carbocycles. The summed E-state index contributed by atoms with van der Waals surface area (Å²) < 4.78 is 10.6. The number of hydrogen-bond acceptors (Lipinski definition) is 10. The van der Waals surface area contributed by atoms with Crippen molar-refractivity contribution in [2.24, 2.45) is 5.10 Å². The molecule has 14 heteroatoms. The van der Waals surface area contributed by atoms with E-state index in [0.717, 1.165) is 0 Å². The van der Waals surface area contributed by atoms with Gasteiger partial charge >= 0.3 is 5.97 Å². The van der Waals surface area contributed by atoms with Gasteiger partial charge in [-0.3, -0.25) is 29.8 Å². The van der Waals surface area contributed by atoms with Crippen molar-refractivity contribution >= 4 is 41.1 Å². The number of nitro benzene ring substituents is 2. The Morgan fingerprint density at radius 1 is 0.744 bits per heavy atom. The van der Waals surface area contributed by atoms with E-state index in [-0.39, 0.29) is 39.6 Å². The van der Waals surface area contributed by atoms with E-state index >= 15 is 0 Å². The SMILES string of the molecule is COc1cc(C=NNC(=O)c2cccc(NC(=O)c3ccc([N+](=O)[O-])cc3)c2)ccc1OC(=O)c1ccc([N+](=O)[O-])cc1. The maximum Gasteiger partial charge on any atom is 0.343 e. The number of anilines is 1. The number of carbonyl (C=O) groups is 3. The quantitative estimate of drug-likeness (QED) is 0.0871. The molecule has 0 saturated heterocycles. The summed E-state index contributed by atoms with van der Waals surface area (Å²) in [6.07, 6.45) is 1.34. The lowest BCUT2D eigenvalue weighted by atomic mass is 10.1. The van der Waals surface area contributed by atoms with Crippen molar-refractivity contribution in [2.75, 3.05) is 12.4 Å². The van der Waals surface area contributed by atoms with E-state index < -0.39 is 27.6 Å². The minimum Gasteiger partial charge on any atom is -0.493 e. The zero-order valence-electron chi connectivity index (χ0n) is 22.3. The van der Waals surface area contributed by atoms with Gasteiger partial charge in [-0.1, -0.05) is 6.07 Å². The second kappa shape index (κ2) is 13.3. The number of hydrogen-bond donors (Lipinski definition) is 2. The molecular formula is C29H21N5O9. The van der Waals surface area contributed by atoms with Gasteiger partial charge in [-0.15, -0.1) is 0 Å². The Labute approximate surface area is 242 Å². The Hall–Kier alpha value is -6.44. The van der Waals surface area contributed by atoms with Gasteiger partial charge in [0.25, 0.3) is 23.2 Å². The number of nitrogens with one attached hydrogen (secondary N) is 2. The maximum absolute atomic E-state index is 12.6.